The van der Waals surface area contributed by atoms with Crippen molar-refractivity contribution in [3.05, 3.63) is 47.8 Å². The van der Waals surface area contributed by atoms with E-state index in [1.54, 1.807) is 37.4 Å². The summed E-state index contributed by atoms with van der Waals surface area (Å²) in [5.74, 6) is -0.545. The third kappa shape index (κ3) is 8.77. The molecule has 2 aromatic carbocycles. The zero-order valence-electron chi connectivity index (χ0n) is 22.7. The van der Waals surface area contributed by atoms with Crippen molar-refractivity contribution in [2.45, 2.75) is 72.5 Å². The summed E-state index contributed by atoms with van der Waals surface area (Å²) in [5, 5.41) is 8.92. The van der Waals surface area contributed by atoms with Crippen LogP contribution in [0.5, 0.6) is 5.75 Å². The van der Waals surface area contributed by atoms with Crippen LogP contribution in [0, 0.1) is 5.82 Å². The predicted molar refractivity (Wildman–Crippen MR) is 149 cm³/mol. The minimum Gasteiger partial charge on any atom is -0.493 e. The number of unbranched alkanes of at least 4 members (excludes halogenated alkanes) is 2. The number of nitrogens with one attached hydrogen (secondary N) is 3. The van der Waals surface area contributed by atoms with Crippen molar-refractivity contribution in [1.29, 1.82) is 0 Å². The highest BCUT2D eigenvalue weighted by Gasteiger charge is 2.23. The molecule has 0 saturated heterocycles. The van der Waals surface area contributed by atoms with Crippen LogP contribution < -0.4 is 20.7 Å². The first-order valence-corrected chi connectivity index (χ1v) is 12.9. The number of hydrogen-bond donors (Lipinski definition) is 3. The maximum Gasteiger partial charge on any atom is 0.233 e. The van der Waals surface area contributed by atoms with E-state index in [2.05, 4.69) is 27.9 Å². The third-order valence-electron chi connectivity index (χ3n) is 5.79. The number of nitrogens with zero attached hydrogens (tertiary/aromatic N) is 2. The fraction of sp³-hybridized carbons (Fsp3) is 0.464. The maximum atomic E-state index is 15.0. The van der Waals surface area contributed by atoms with E-state index in [0.717, 1.165) is 19.3 Å². The highest BCUT2D eigenvalue weighted by molar-refractivity contribution is 6.03. The number of halogens is 1. The minimum atomic E-state index is -0.620. The number of benzene rings is 2. The summed E-state index contributed by atoms with van der Waals surface area (Å²) < 4.78 is 20.7. The molecular formula is C28H40FN5O3. The molecule has 1 heterocycles. The lowest BCUT2D eigenvalue weighted by Crippen LogP contribution is -2.35. The second-order valence-corrected chi connectivity index (χ2v) is 8.79. The molecule has 3 N–H and O–H groups in total. The van der Waals surface area contributed by atoms with Crippen LogP contribution in [0.4, 0.5) is 21.5 Å². The molecule has 8 nitrogen and oxygen atoms in total. The molecule has 0 bridgehead atoms. The molecule has 1 aliphatic rings. The van der Waals surface area contributed by atoms with E-state index in [1.807, 2.05) is 27.7 Å². The largest absolute Gasteiger partial charge is 0.493 e. The Morgan fingerprint density at radius 1 is 1.14 bits per heavy atom. The van der Waals surface area contributed by atoms with Gasteiger partial charge in [0.15, 0.2) is 6.17 Å². The molecule has 1 aliphatic heterocycles. The van der Waals surface area contributed by atoms with Crippen molar-refractivity contribution in [2.24, 2.45) is 4.99 Å². The highest BCUT2D eigenvalue weighted by atomic mass is 19.1. The molecule has 0 radical (unpaired) electrons. The van der Waals surface area contributed by atoms with Crippen molar-refractivity contribution in [2.75, 3.05) is 29.6 Å². The Balaban J connectivity index is 0.00000235. The Morgan fingerprint density at radius 3 is 2.46 bits per heavy atom. The summed E-state index contributed by atoms with van der Waals surface area (Å²) in [5.41, 5.74) is 2.26. The molecule has 2 aromatic rings. The monoisotopic (exact) mass is 513 g/mol. The van der Waals surface area contributed by atoms with Crippen molar-refractivity contribution in [3.63, 3.8) is 0 Å². The standard InChI is InChI=1S/C26H34FN5O3.C2H6/c1-5-6-7-12-35-20-13-21(27)25-22(14-20)28-16-29-26(25)31-19-10-8-18(9-11-19)30-23(33)15-24(34)32(4)17(2)3;1-2/h8-11,13-14,16-17,26,31H,5-7,12,15H2,1-4H3,(H,28,29)(H,30,33);1-2H3. The van der Waals surface area contributed by atoms with Gasteiger partial charge in [-0.2, -0.15) is 0 Å². The van der Waals surface area contributed by atoms with Gasteiger partial charge < -0.3 is 25.6 Å². The summed E-state index contributed by atoms with van der Waals surface area (Å²) in [4.78, 5) is 30.2. The van der Waals surface area contributed by atoms with Crippen LogP contribution in [-0.4, -0.2) is 42.7 Å². The van der Waals surface area contributed by atoms with E-state index in [1.165, 1.54) is 17.3 Å². The maximum absolute atomic E-state index is 15.0. The van der Waals surface area contributed by atoms with E-state index in [4.69, 9.17) is 4.74 Å². The Labute approximate surface area is 219 Å². The summed E-state index contributed by atoms with van der Waals surface area (Å²) in [6.45, 7) is 10.4. The van der Waals surface area contributed by atoms with Crippen LogP contribution in [0.3, 0.4) is 0 Å². The molecular weight excluding hydrogens is 473 g/mol. The van der Waals surface area contributed by atoms with Gasteiger partial charge in [-0.05, 0) is 44.5 Å². The van der Waals surface area contributed by atoms with Gasteiger partial charge in [0.1, 0.15) is 18.0 Å². The second-order valence-electron chi connectivity index (χ2n) is 8.79. The molecule has 37 heavy (non-hydrogen) atoms. The molecule has 0 fully saturated rings. The topological polar surface area (TPSA) is 95.1 Å². The number of fused-ring (bicyclic) bond motifs is 1. The van der Waals surface area contributed by atoms with Gasteiger partial charge in [-0.25, -0.2) is 9.38 Å². The first kappa shape index (κ1) is 29.6. The summed E-state index contributed by atoms with van der Waals surface area (Å²) in [6.07, 6.45) is 3.77. The number of rotatable bonds is 11. The molecule has 0 saturated carbocycles. The highest BCUT2D eigenvalue weighted by Crippen LogP contribution is 2.35. The predicted octanol–water partition coefficient (Wildman–Crippen LogP) is 6.18. The zero-order chi connectivity index (χ0) is 27.4. The second kappa shape index (κ2) is 14.8. The molecule has 0 aliphatic carbocycles. The van der Waals surface area contributed by atoms with Crippen LogP contribution in [-0.2, 0) is 9.59 Å². The molecule has 202 valence electrons. The minimum absolute atomic E-state index is 0.0261. The number of ether oxygens (including phenoxy) is 1. The third-order valence-corrected chi connectivity index (χ3v) is 5.79. The van der Waals surface area contributed by atoms with Gasteiger partial charge in [0.25, 0.3) is 0 Å². The summed E-state index contributed by atoms with van der Waals surface area (Å²) in [7, 11) is 1.67. The van der Waals surface area contributed by atoms with Crippen LogP contribution in [0.2, 0.25) is 0 Å². The summed E-state index contributed by atoms with van der Waals surface area (Å²) >= 11 is 0. The van der Waals surface area contributed by atoms with Crippen LogP contribution in [0.15, 0.2) is 41.4 Å². The van der Waals surface area contributed by atoms with Gasteiger partial charge >= 0.3 is 0 Å². The van der Waals surface area contributed by atoms with E-state index >= 15 is 0 Å². The lowest BCUT2D eigenvalue weighted by molar-refractivity contribution is -0.134. The number of aliphatic imine (C=N–C) groups is 1. The molecule has 1 atom stereocenters. The van der Waals surface area contributed by atoms with E-state index < -0.39 is 12.0 Å². The average Bonchev–Trinajstić information content (AvgIpc) is 2.88. The summed E-state index contributed by atoms with van der Waals surface area (Å²) in [6, 6.07) is 10.1. The molecule has 0 spiro atoms. The van der Waals surface area contributed by atoms with Crippen LogP contribution in [0.25, 0.3) is 0 Å². The van der Waals surface area contributed by atoms with Gasteiger partial charge in [0, 0.05) is 36.6 Å². The molecule has 9 heteroatoms. The Bertz CT molecular complexity index is 1060. The van der Waals surface area contributed by atoms with E-state index in [-0.39, 0.29) is 24.3 Å². The van der Waals surface area contributed by atoms with Crippen LogP contribution in [0.1, 0.15) is 72.0 Å². The van der Waals surface area contributed by atoms with Gasteiger partial charge in [-0.15, -0.1) is 0 Å². The Morgan fingerprint density at radius 2 is 1.81 bits per heavy atom. The Hall–Kier alpha value is -3.62. The SMILES string of the molecule is CC.CCCCCOc1cc(F)c2c(c1)NC=NC2Nc1ccc(NC(=O)CC(=O)N(C)C(C)C)cc1. The van der Waals surface area contributed by atoms with Gasteiger partial charge in [-0.1, -0.05) is 33.6 Å². The van der Waals surface area contributed by atoms with Gasteiger partial charge in [0.2, 0.25) is 11.8 Å². The van der Waals surface area contributed by atoms with Crippen molar-refractivity contribution in [3.8, 4) is 5.75 Å². The van der Waals surface area contributed by atoms with E-state index in [9.17, 15) is 14.0 Å². The fourth-order valence-electron chi connectivity index (χ4n) is 3.54. The number of carbonyl (C=O) groups is 2. The van der Waals surface area contributed by atoms with Gasteiger partial charge in [0.05, 0.1) is 24.2 Å². The zero-order valence-corrected chi connectivity index (χ0v) is 22.7. The smallest absolute Gasteiger partial charge is 0.233 e. The Kier molecular flexibility index (Phi) is 11.9. The number of carbonyl (C=O) groups excluding carboxylic acids is 2. The van der Waals surface area contributed by atoms with Gasteiger partial charge in [-0.3, -0.25) is 9.59 Å². The van der Waals surface area contributed by atoms with Crippen molar-refractivity contribution >= 4 is 35.2 Å². The lowest BCUT2D eigenvalue weighted by atomic mass is 10.1. The number of anilines is 3. The van der Waals surface area contributed by atoms with E-state index in [0.29, 0.717) is 35.0 Å². The molecule has 1 unspecified atom stereocenters. The van der Waals surface area contributed by atoms with Crippen LogP contribution >= 0.6 is 0 Å². The van der Waals surface area contributed by atoms with Crippen molar-refractivity contribution < 1.29 is 18.7 Å². The van der Waals surface area contributed by atoms with Crippen molar-refractivity contribution in [1.82, 2.24) is 4.90 Å². The fourth-order valence-corrected chi connectivity index (χ4v) is 3.54. The number of hydrogen-bond acceptors (Lipinski definition) is 6. The normalized spacial score (nSPS) is 13.6. The first-order chi connectivity index (χ1) is 17.8. The molecule has 0 aromatic heterocycles. The lowest BCUT2D eigenvalue weighted by Gasteiger charge is -2.24. The average molecular weight is 514 g/mol. The first-order valence-electron chi connectivity index (χ1n) is 12.9. The quantitative estimate of drug-likeness (QED) is 0.246. The molecule has 3 rings (SSSR count). The molecule has 2 amide bonds. The number of amides is 2.